The van der Waals surface area contributed by atoms with Crippen molar-refractivity contribution in [3.8, 4) is 0 Å². The maximum absolute atomic E-state index is 4.32. The van der Waals surface area contributed by atoms with Gasteiger partial charge in [0.1, 0.15) is 0 Å². The van der Waals surface area contributed by atoms with Crippen molar-refractivity contribution in [1.82, 2.24) is 0 Å². The summed E-state index contributed by atoms with van der Waals surface area (Å²) < 4.78 is 7.34. The summed E-state index contributed by atoms with van der Waals surface area (Å²) in [6, 6.07) is 0. The second-order valence-corrected chi connectivity index (χ2v) is 54.1. The van der Waals surface area contributed by atoms with E-state index in [4.69, 9.17) is 0 Å². The third kappa shape index (κ3) is 11.9. The van der Waals surface area contributed by atoms with E-state index >= 15 is 0 Å². The predicted molar refractivity (Wildman–Crippen MR) is 137 cm³/mol. The molecule has 0 aromatic heterocycles. The maximum atomic E-state index is 4.32. The van der Waals surface area contributed by atoms with Crippen molar-refractivity contribution < 1.29 is 0 Å². The van der Waals surface area contributed by atoms with Gasteiger partial charge >= 0.3 is 181 Å². The van der Waals surface area contributed by atoms with Crippen molar-refractivity contribution in [2.45, 2.75) is 68.2 Å². The summed E-state index contributed by atoms with van der Waals surface area (Å²) in [5.41, 5.74) is 8.01. The van der Waals surface area contributed by atoms with Gasteiger partial charge in [-0.15, -0.1) is 0 Å². The van der Waals surface area contributed by atoms with E-state index in [1.165, 1.54) is 60.1 Å². The topological polar surface area (TPSA) is 0 Å². The molecule has 0 aliphatic heterocycles. The molecule has 0 spiro atoms. The van der Waals surface area contributed by atoms with Crippen LogP contribution in [0.5, 0.6) is 0 Å². The zero-order valence-corrected chi connectivity index (χ0v) is 25.4. The molecule has 0 saturated heterocycles. The second kappa shape index (κ2) is 12.2. The molecule has 0 radical (unpaired) electrons. The first-order valence-electron chi connectivity index (χ1n) is 9.77. The molecule has 0 heterocycles. The van der Waals surface area contributed by atoms with Gasteiger partial charge < -0.3 is 0 Å². The Bertz CT molecular complexity index is 489. The van der Waals surface area contributed by atoms with Gasteiger partial charge in [-0.1, -0.05) is 0 Å². The van der Waals surface area contributed by atoms with Crippen LogP contribution < -0.4 is 0 Å². The summed E-state index contributed by atoms with van der Waals surface area (Å²) in [4.78, 5) is 0. The van der Waals surface area contributed by atoms with Gasteiger partial charge in [0.15, 0.2) is 0 Å². The van der Waals surface area contributed by atoms with E-state index in [0.717, 1.165) is 0 Å². The summed E-state index contributed by atoms with van der Waals surface area (Å²) >= 11 is -5.34. The average molecular weight is 600 g/mol. The van der Waals surface area contributed by atoms with Crippen LogP contribution >= 0.6 is 6.13 Å². The van der Waals surface area contributed by atoms with Crippen molar-refractivity contribution in [2.75, 3.05) is 0 Å². The molecule has 0 rings (SSSR count). The van der Waals surface area contributed by atoms with E-state index in [-0.39, 0.29) is 0 Å². The first-order chi connectivity index (χ1) is 12.2. The van der Waals surface area contributed by atoms with Gasteiger partial charge in [-0.05, 0) is 0 Å². The van der Waals surface area contributed by atoms with Gasteiger partial charge in [-0.3, -0.25) is 0 Å². The minimum absolute atomic E-state index is 1.22. The van der Waals surface area contributed by atoms with Crippen LogP contribution in [0.3, 0.4) is 0 Å². The molecule has 0 unspecified atom stereocenters. The third-order valence-corrected chi connectivity index (χ3v) is 89.4. The normalized spacial score (nSPS) is 11.8. The summed E-state index contributed by atoms with van der Waals surface area (Å²) in [5.74, 6) is 0. The second-order valence-electron chi connectivity index (χ2n) is 9.27. The number of hydrogen-bond donors (Lipinski definition) is 0. The van der Waals surface area contributed by atoms with Gasteiger partial charge in [0, 0.05) is 0 Å². The molecule has 0 atom stereocenters. The Labute approximate surface area is 179 Å². The molecule has 0 N–H and O–H groups in total. The molecule has 0 fully saturated rings. The van der Waals surface area contributed by atoms with Gasteiger partial charge in [0.25, 0.3) is 0 Å². The summed E-state index contributed by atoms with van der Waals surface area (Å²) in [6.45, 7) is 39.1. The third-order valence-electron chi connectivity index (χ3n) is 4.18. The molecule has 0 bridgehead atoms. The zero-order valence-electron chi connectivity index (χ0n) is 18.9. The van der Waals surface area contributed by atoms with Crippen molar-refractivity contribution >= 4 is 40.1 Å². The number of hydrogen-bond acceptors (Lipinski definition) is 1. The standard InChI is InChI=1S/6C4H7.S.2Sn/c6*1-4(2)3;;;/h6*1-2H2,3H3;;;. The molecule has 3 heteroatoms. The molecular formula is C24H42SSn2. The Balaban J connectivity index is 6.38. The Kier molecular flexibility index (Phi) is 12.3. The monoisotopic (exact) mass is 602 g/mol. The van der Waals surface area contributed by atoms with Crippen molar-refractivity contribution in [3.63, 3.8) is 0 Å². The molecule has 27 heavy (non-hydrogen) atoms. The molecule has 0 aromatic rings. The summed E-state index contributed by atoms with van der Waals surface area (Å²) in [7, 11) is 0. The van der Waals surface area contributed by atoms with E-state index in [2.05, 4.69) is 87.1 Å². The Morgan fingerprint density at radius 1 is 0.444 bits per heavy atom. The van der Waals surface area contributed by atoms with Crippen LogP contribution in [0.1, 0.15) is 41.5 Å². The predicted octanol–water partition coefficient (Wildman–Crippen LogP) is 9.07. The van der Waals surface area contributed by atoms with Crippen LogP contribution in [0.25, 0.3) is 0 Å². The SMILES string of the molecule is C=C(C)[CH2][Sn]([CH2]C(=C)C)([CH2]C(=C)C)[S][Sn]([CH2]C(=C)C)([CH2]C(=C)C)[CH2]C(=C)C. The van der Waals surface area contributed by atoms with E-state index in [1.807, 2.05) is 0 Å². The van der Waals surface area contributed by atoms with Gasteiger partial charge in [0.2, 0.25) is 0 Å². The van der Waals surface area contributed by atoms with Crippen LogP contribution in [-0.4, -0.2) is 34.0 Å². The fourth-order valence-electron chi connectivity index (χ4n) is 4.35. The van der Waals surface area contributed by atoms with Crippen LogP contribution in [0.4, 0.5) is 0 Å². The molecule has 0 aliphatic carbocycles. The summed E-state index contributed by atoms with van der Waals surface area (Å²) in [6.07, 6.45) is 2.51. The average Bonchev–Trinajstić information content (AvgIpc) is 2.30. The van der Waals surface area contributed by atoms with Crippen LogP contribution in [-0.2, 0) is 0 Å². The Morgan fingerprint density at radius 2 is 0.593 bits per heavy atom. The Morgan fingerprint density at radius 3 is 0.704 bits per heavy atom. The van der Waals surface area contributed by atoms with Gasteiger partial charge in [-0.2, -0.15) is 0 Å². The Hall–Kier alpha value is 0.387. The molecule has 0 amide bonds. The van der Waals surface area contributed by atoms with Gasteiger partial charge in [-0.25, -0.2) is 0 Å². The molecule has 0 aromatic carbocycles. The summed E-state index contributed by atoms with van der Waals surface area (Å²) in [5, 5.41) is 0. The van der Waals surface area contributed by atoms with Crippen molar-refractivity contribution in [1.29, 1.82) is 0 Å². The molecule has 0 aliphatic rings. The quantitative estimate of drug-likeness (QED) is 0.142. The van der Waals surface area contributed by atoms with E-state index in [0.29, 0.717) is 0 Å². The fraction of sp³-hybridized carbons (Fsp3) is 0.500. The number of allylic oxidation sites excluding steroid dienone is 6. The minimum atomic E-state index is -2.67. The van der Waals surface area contributed by atoms with E-state index in [9.17, 15) is 0 Å². The van der Waals surface area contributed by atoms with Gasteiger partial charge in [0.05, 0.1) is 0 Å². The molecule has 152 valence electrons. The van der Waals surface area contributed by atoms with Crippen LogP contribution in [0.15, 0.2) is 72.9 Å². The van der Waals surface area contributed by atoms with E-state index in [1.54, 1.807) is 0 Å². The van der Waals surface area contributed by atoms with E-state index < -0.39 is 34.0 Å². The molecular weight excluding hydrogens is 558 g/mol. The molecule has 0 nitrogen and oxygen atoms in total. The van der Waals surface area contributed by atoms with Crippen molar-refractivity contribution in [3.05, 3.63) is 72.9 Å². The number of rotatable bonds is 14. The van der Waals surface area contributed by atoms with Crippen LogP contribution in [0.2, 0.25) is 26.6 Å². The fourth-order valence-corrected chi connectivity index (χ4v) is 126. The van der Waals surface area contributed by atoms with Crippen molar-refractivity contribution in [2.24, 2.45) is 0 Å². The van der Waals surface area contributed by atoms with Crippen LogP contribution in [0, 0.1) is 0 Å². The first-order valence-corrected chi connectivity index (χ1v) is 29.7. The zero-order chi connectivity index (χ0) is 21.4. The first kappa shape index (κ1) is 27.4. The molecule has 0 saturated carbocycles.